The largest absolute Gasteiger partial charge is 0.418 e. The van der Waals surface area contributed by atoms with Gasteiger partial charge in [0.2, 0.25) is 15.9 Å². The first kappa shape index (κ1) is 25.2. The minimum Gasteiger partial charge on any atom is -0.324 e. The number of para-hydroxylation sites is 1. The first-order valence-electron chi connectivity index (χ1n) is 10.8. The van der Waals surface area contributed by atoms with Crippen molar-refractivity contribution in [3.05, 3.63) is 59.7 Å². The molecule has 33 heavy (non-hydrogen) atoms. The standard InChI is InChI=1S/C23H28F3N3O3S/c1-3-17(2)18-8-10-19(11-9-18)33(31,32)29-14-12-28(13-15-29)16-22(30)27-21-7-5-4-6-20(21)23(24,25)26/h4-11,17H,3,12-16H2,1-2H3,(H,27,30). The first-order valence-corrected chi connectivity index (χ1v) is 12.2. The third-order valence-corrected chi connectivity index (χ3v) is 7.82. The van der Waals surface area contributed by atoms with Crippen molar-refractivity contribution >= 4 is 21.6 Å². The van der Waals surface area contributed by atoms with Crippen molar-refractivity contribution in [1.29, 1.82) is 0 Å². The number of piperazine rings is 1. The molecule has 1 unspecified atom stereocenters. The molecule has 3 rings (SSSR count). The van der Waals surface area contributed by atoms with Crippen LogP contribution in [0.4, 0.5) is 18.9 Å². The Balaban J connectivity index is 1.57. The maximum atomic E-state index is 13.1. The summed E-state index contributed by atoms with van der Waals surface area (Å²) >= 11 is 0. The third-order valence-electron chi connectivity index (χ3n) is 5.90. The molecule has 0 saturated carbocycles. The van der Waals surface area contributed by atoms with E-state index in [0.717, 1.165) is 18.1 Å². The molecular weight excluding hydrogens is 455 g/mol. The maximum Gasteiger partial charge on any atom is 0.418 e. The number of alkyl halides is 3. The zero-order valence-electron chi connectivity index (χ0n) is 18.6. The van der Waals surface area contributed by atoms with E-state index >= 15 is 0 Å². The topological polar surface area (TPSA) is 69.7 Å². The number of anilines is 1. The van der Waals surface area contributed by atoms with Crippen LogP contribution in [0, 0.1) is 0 Å². The Hall–Kier alpha value is -2.43. The second kappa shape index (κ2) is 10.2. The van der Waals surface area contributed by atoms with Crippen molar-refractivity contribution in [1.82, 2.24) is 9.21 Å². The lowest BCUT2D eigenvalue weighted by molar-refractivity contribution is -0.137. The van der Waals surface area contributed by atoms with Gasteiger partial charge in [0.15, 0.2) is 0 Å². The van der Waals surface area contributed by atoms with E-state index < -0.39 is 27.7 Å². The number of hydrogen-bond donors (Lipinski definition) is 1. The Morgan fingerprint density at radius 3 is 2.21 bits per heavy atom. The van der Waals surface area contributed by atoms with Crippen LogP contribution in [0.1, 0.15) is 37.3 Å². The summed E-state index contributed by atoms with van der Waals surface area (Å²) in [5, 5.41) is 2.32. The van der Waals surface area contributed by atoms with Crippen molar-refractivity contribution in [3.8, 4) is 0 Å². The van der Waals surface area contributed by atoms with E-state index in [1.165, 1.54) is 22.5 Å². The summed E-state index contributed by atoms with van der Waals surface area (Å²) in [6, 6.07) is 11.7. The molecule has 0 radical (unpaired) electrons. The molecule has 1 aliphatic rings. The Bertz CT molecular complexity index is 1060. The average Bonchev–Trinajstić information content (AvgIpc) is 2.78. The highest BCUT2D eigenvalue weighted by Gasteiger charge is 2.34. The van der Waals surface area contributed by atoms with Crippen molar-refractivity contribution in [3.63, 3.8) is 0 Å². The Morgan fingerprint density at radius 1 is 1.03 bits per heavy atom. The SMILES string of the molecule is CCC(C)c1ccc(S(=O)(=O)N2CCN(CC(=O)Nc3ccccc3C(F)(F)F)CC2)cc1. The molecular formula is C23H28F3N3O3S. The molecule has 0 bridgehead atoms. The van der Waals surface area contributed by atoms with E-state index in [4.69, 9.17) is 0 Å². The van der Waals surface area contributed by atoms with Crippen LogP contribution in [0.5, 0.6) is 0 Å². The summed E-state index contributed by atoms with van der Waals surface area (Å²) in [5.74, 6) is -0.233. The van der Waals surface area contributed by atoms with Crippen LogP contribution >= 0.6 is 0 Å². The highest BCUT2D eigenvalue weighted by Crippen LogP contribution is 2.34. The zero-order valence-corrected chi connectivity index (χ0v) is 19.4. The van der Waals surface area contributed by atoms with E-state index in [1.54, 1.807) is 17.0 Å². The van der Waals surface area contributed by atoms with Crippen LogP contribution in [0.2, 0.25) is 0 Å². The molecule has 2 aromatic rings. The summed E-state index contributed by atoms with van der Waals surface area (Å²) in [4.78, 5) is 14.3. The summed E-state index contributed by atoms with van der Waals surface area (Å²) in [6.07, 6.45) is -3.61. The Morgan fingerprint density at radius 2 is 1.64 bits per heavy atom. The third kappa shape index (κ3) is 6.13. The average molecular weight is 484 g/mol. The lowest BCUT2D eigenvalue weighted by atomic mass is 9.99. The Labute approximate surface area is 192 Å². The zero-order chi connectivity index (χ0) is 24.2. The summed E-state index contributed by atoms with van der Waals surface area (Å²) in [6.45, 7) is 5.04. The molecule has 180 valence electrons. The molecule has 1 aliphatic heterocycles. The molecule has 1 N–H and O–H groups in total. The summed E-state index contributed by atoms with van der Waals surface area (Å²) in [7, 11) is -3.65. The molecule has 1 amide bonds. The van der Waals surface area contributed by atoms with Gasteiger partial charge in [-0.15, -0.1) is 0 Å². The number of hydrogen-bond acceptors (Lipinski definition) is 4. The van der Waals surface area contributed by atoms with Crippen LogP contribution in [0.3, 0.4) is 0 Å². The van der Waals surface area contributed by atoms with Crippen LogP contribution in [-0.2, 0) is 21.0 Å². The van der Waals surface area contributed by atoms with E-state index in [1.807, 2.05) is 12.1 Å². The van der Waals surface area contributed by atoms with Gasteiger partial charge in [0.05, 0.1) is 22.7 Å². The fourth-order valence-corrected chi connectivity index (χ4v) is 5.14. The predicted octanol–water partition coefficient (Wildman–Crippen LogP) is 4.16. The second-order valence-electron chi connectivity index (χ2n) is 8.15. The molecule has 1 atom stereocenters. The van der Waals surface area contributed by atoms with Crippen molar-refractivity contribution in [2.24, 2.45) is 0 Å². The van der Waals surface area contributed by atoms with Gasteiger partial charge in [-0.2, -0.15) is 17.5 Å². The van der Waals surface area contributed by atoms with Gasteiger partial charge in [0, 0.05) is 26.2 Å². The summed E-state index contributed by atoms with van der Waals surface area (Å²) < 4.78 is 66.6. The van der Waals surface area contributed by atoms with E-state index in [-0.39, 0.29) is 30.2 Å². The minimum atomic E-state index is -4.57. The molecule has 6 nitrogen and oxygen atoms in total. The van der Waals surface area contributed by atoms with Gasteiger partial charge in [-0.1, -0.05) is 38.1 Å². The maximum absolute atomic E-state index is 13.1. The number of carbonyl (C=O) groups excluding carboxylic acids is 1. The van der Waals surface area contributed by atoms with E-state index in [9.17, 15) is 26.4 Å². The van der Waals surface area contributed by atoms with Crippen LogP contribution in [-0.4, -0.2) is 56.3 Å². The van der Waals surface area contributed by atoms with E-state index in [0.29, 0.717) is 19.0 Å². The lowest BCUT2D eigenvalue weighted by Gasteiger charge is -2.33. The highest BCUT2D eigenvalue weighted by atomic mass is 32.2. The smallest absolute Gasteiger partial charge is 0.324 e. The second-order valence-corrected chi connectivity index (χ2v) is 10.1. The molecule has 1 saturated heterocycles. The van der Waals surface area contributed by atoms with Crippen molar-refractivity contribution in [2.75, 3.05) is 38.0 Å². The first-order chi connectivity index (χ1) is 15.5. The number of carbonyl (C=O) groups is 1. The minimum absolute atomic E-state index is 0.121. The number of rotatable bonds is 7. The lowest BCUT2D eigenvalue weighted by Crippen LogP contribution is -2.50. The van der Waals surface area contributed by atoms with Gasteiger partial charge in [-0.05, 0) is 42.2 Å². The fourth-order valence-electron chi connectivity index (χ4n) is 3.71. The van der Waals surface area contributed by atoms with Crippen molar-refractivity contribution < 1.29 is 26.4 Å². The molecule has 0 aliphatic carbocycles. The number of halogens is 3. The number of amides is 1. The van der Waals surface area contributed by atoms with Crippen LogP contribution in [0.25, 0.3) is 0 Å². The number of sulfonamides is 1. The number of benzene rings is 2. The van der Waals surface area contributed by atoms with Crippen LogP contribution < -0.4 is 5.32 Å². The predicted molar refractivity (Wildman–Crippen MR) is 120 cm³/mol. The number of nitrogens with zero attached hydrogens (tertiary/aromatic N) is 2. The molecule has 1 fully saturated rings. The van der Waals surface area contributed by atoms with Crippen molar-refractivity contribution in [2.45, 2.75) is 37.3 Å². The van der Waals surface area contributed by atoms with Gasteiger partial charge in [0.25, 0.3) is 0 Å². The van der Waals surface area contributed by atoms with Gasteiger partial charge >= 0.3 is 6.18 Å². The van der Waals surface area contributed by atoms with Gasteiger partial charge in [-0.25, -0.2) is 8.42 Å². The fraction of sp³-hybridized carbons (Fsp3) is 0.435. The quantitative estimate of drug-likeness (QED) is 0.642. The van der Waals surface area contributed by atoms with Gasteiger partial charge < -0.3 is 5.32 Å². The summed E-state index contributed by atoms with van der Waals surface area (Å²) in [5.41, 5.74) is -0.120. The Kier molecular flexibility index (Phi) is 7.81. The monoisotopic (exact) mass is 483 g/mol. The normalized spacial score (nSPS) is 17.0. The van der Waals surface area contributed by atoms with Gasteiger partial charge in [0.1, 0.15) is 0 Å². The molecule has 2 aromatic carbocycles. The molecule has 10 heteroatoms. The van der Waals surface area contributed by atoms with E-state index in [2.05, 4.69) is 19.2 Å². The molecule has 0 aromatic heterocycles. The van der Waals surface area contributed by atoms with Gasteiger partial charge in [-0.3, -0.25) is 9.69 Å². The van der Waals surface area contributed by atoms with Crippen LogP contribution in [0.15, 0.2) is 53.4 Å². The highest BCUT2D eigenvalue weighted by molar-refractivity contribution is 7.89. The molecule has 0 spiro atoms. The number of nitrogens with one attached hydrogen (secondary N) is 1. The molecule has 1 heterocycles.